The van der Waals surface area contributed by atoms with E-state index in [2.05, 4.69) is 5.32 Å². The third-order valence-corrected chi connectivity index (χ3v) is 3.54. The van der Waals surface area contributed by atoms with Crippen molar-refractivity contribution < 1.29 is 19.0 Å². The number of rotatable bonds is 8. The summed E-state index contributed by atoms with van der Waals surface area (Å²) < 4.78 is 15.9. The molecule has 0 saturated carbocycles. The molecule has 5 nitrogen and oxygen atoms in total. The summed E-state index contributed by atoms with van der Waals surface area (Å²) in [6, 6.07) is 13.1. The molecule has 1 amide bonds. The first kappa shape index (κ1) is 17.7. The highest BCUT2D eigenvalue weighted by molar-refractivity contribution is 5.78. The predicted molar refractivity (Wildman–Crippen MR) is 92.7 cm³/mol. The summed E-state index contributed by atoms with van der Waals surface area (Å²) in [4.78, 5) is 12.1. The second kappa shape index (κ2) is 8.82. The lowest BCUT2D eigenvalue weighted by molar-refractivity contribution is -0.120. The molecular formula is C19H23NO4. The molecule has 5 heteroatoms. The van der Waals surface area contributed by atoms with Crippen molar-refractivity contribution in [3.05, 3.63) is 53.6 Å². The molecule has 0 unspecified atom stereocenters. The zero-order chi connectivity index (χ0) is 17.4. The Morgan fingerprint density at radius 2 is 1.62 bits per heavy atom. The molecule has 0 heterocycles. The number of nitrogens with one attached hydrogen (secondary N) is 1. The molecule has 24 heavy (non-hydrogen) atoms. The molecule has 2 rings (SSSR count). The molecule has 0 fully saturated rings. The van der Waals surface area contributed by atoms with Gasteiger partial charge < -0.3 is 19.5 Å². The predicted octanol–water partition coefficient (Wildman–Crippen LogP) is 2.96. The molecule has 0 bridgehead atoms. The molecule has 2 aromatic carbocycles. The van der Waals surface area contributed by atoms with E-state index in [4.69, 9.17) is 14.2 Å². The number of amides is 1. The van der Waals surface area contributed by atoms with Crippen LogP contribution in [-0.4, -0.2) is 26.7 Å². The minimum Gasteiger partial charge on any atom is -0.494 e. The van der Waals surface area contributed by atoms with Crippen LogP contribution in [0.2, 0.25) is 0 Å². The first-order chi connectivity index (χ1) is 11.7. The normalized spacial score (nSPS) is 10.1. The molecule has 0 aromatic heterocycles. The molecule has 0 spiro atoms. The van der Waals surface area contributed by atoms with Gasteiger partial charge in [-0.1, -0.05) is 18.2 Å². The van der Waals surface area contributed by atoms with Gasteiger partial charge in [-0.25, -0.2) is 0 Å². The number of hydrogen-bond acceptors (Lipinski definition) is 4. The Morgan fingerprint density at radius 1 is 0.958 bits per heavy atom. The smallest absolute Gasteiger partial charge is 0.224 e. The number of methoxy groups -OCH3 is 2. The highest BCUT2D eigenvalue weighted by Crippen LogP contribution is 2.27. The van der Waals surface area contributed by atoms with Crippen LogP contribution in [0.3, 0.4) is 0 Å². The molecule has 128 valence electrons. The lowest BCUT2D eigenvalue weighted by atomic mass is 10.1. The molecule has 0 aliphatic heterocycles. The van der Waals surface area contributed by atoms with Crippen LogP contribution in [0.1, 0.15) is 18.1 Å². The Balaban J connectivity index is 1.88. The SMILES string of the molecule is CCOc1ccc(CC(=O)NCc2ccc(OC)c(OC)c2)cc1. The second-order valence-corrected chi connectivity index (χ2v) is 5.22. The van der Waals surface area contributed by atoms with Gasteiger partial charge in [0.1, 0.15) is 5.75 Å². The highest BCUT2D eigenvalue weighted by atomic mass is 16.5. The third-order valence-electron chi connectivity index (χ3n) is 3.54. The van der Waals surface area contributed by atoms with E-state index in [1.165, 1.54) is 0 Å². The van der Waals surface area contributed by atoms with Crippen molar-refractivity contribution in [3.63, 3.8) is 0 Å². The summed E-state index contributed by atoms with van der Waals surface area (Å²) in [6.45, 7) is 3.01. The van der Waals surface area contributed by atoms with Crippen molar-refractivity contribution >= 4 is 5.91 Å². The van der Waals surface area contributed by atoms with E-state index in [1.54, 1.807) is 14.2 Å². The molecule has 0 atom stereocenters. The van der Waals surface area contributed by atoms with Crippen LogP contribution in [0.25, 0.3) is 0 Å². The summed E-state index contributed by atoms with van der Waals surface area (Å²) in [7, 11) is 3.18. The van der Waals surface area contributed by atoms with Gasteiger partial charge in [0, 0.05) is 6.54 Å². The van der Waals surface area contributed by atoms with Gasteiger partial charge in [0.25, 0.3) is 0 Å². The van der Waals surface area contributed by atoms with Crippen LogP contribution < -0.4 is 19.5 Å². The second-order valence-electron chi connectivity index (χ2n) is 5.22. The van der Waals surface area contributed by atoms with Crippen LogP contribution in [0, 0.1) is 0 Å². The summed E-state index contributed by atoms with van der Waals surface area (Å²) in [5.41, 5.74) is 1.90. The van der Waals surface area contributed by atoms with Crippen molar-refractivity contribution in [2.24, 2.45) is 0 Å². The van der Waals surface area contributed by atoms with Crippen LogP contribution in [0.4, 0.5) is 0 Å². The fourth-order valence-corrected chi connectivity index (χ4v) is 2.31. The first-order valence-electron chi connectivity index (χ1n) is 7.85. The highest BCUT2D eigenvalue weighted by Gasteiger charge is 2.07. The maximum Gasteiger partial charge on any atom is 0.224 e. The Morgan fingerprint density at radius 3 is 2.25 bits per heavy atom. The average molecular weight is 329 g/mol. The summed E-state index contributed by atoms with van der Waals surface area (Å²) in [5, 5.41) is 2.91. The number of benzene rings is 2. The average Bonchev–Trinajstić information content (AvgIpc) is 2.61. The van der Waals surface area contributed by atoms with Crippen molar-refractivity contribution in [1.29, 1.82) is 0 Å². The van der Waals surface area contributed by atoms with Crippen LogP contribution in [-0.2, 0) is 17.8 Å². The summed E-state index contributed by atoms with van der Waals surface area (Å²) in [5.74, 6) is 2.10. The maximum atomic E-state index is 12.1. The lowest BCUT2D eigenvalue weighted by Gasteiger charge is -2.10. The topological polar surface area (TPSA) is 56.8 Å². The minimum absolute atomic E-state index is 0.0334. The zero-order valence-corrected chi connectivity index (χ0v) is 14.3. The van der Waals surface area contributed by atoms with Gasteiger partial charge in [0.15, 0.2) is 11.5 Å². The van der Waals surface area contributed by atoms with Gasteiger partial charge in [-0.05, 0) is 42.3 Å². The van der Waals surface area contributed by atoms with E-state index >= 15 is 0 Å². The van der Waals surface area contributed by atoms with Crippen LogP contribution in [0.15, 0.2) is 42.5 Å². The fourth-order valence-electron chi connectivity index (χ4n) is 2.31. The van der Waals surface area contributed by atoms with Gasteiger partial charge >= 0.3 is 0 Å². The van der Waals surface area contributed by atoms with Crippen LogP contribution in [0.5, 0.6) is 17.2 Å². The van der Waals surface area contributed by atoms with Crippen molar-refractivity contribution in [3.8, 4) is 17.2 Å². The number of ether oxygens (including phenoxy) is 3. The Labute approximate surface area is 142 Å². The van der Waals surface area contributed by atoms with E-state index < -0.39 is 0 Å². The van der Waals surface area contributed by atoms with Gasteiger partial charge in [0.2, 0.25) is 5.91 Å². The minimum atomic E-state index is -0.0334. The maximum absolute atomic E-state index is 12.1. The Bertz CT molecular complexity index is 668. The van der Waals surface area contributed by atoms with E-state index in [0.717, 1.165) is 16.9 Å². The largest absolute Gasteiger partial charge is 0.494 e. The quantitative estimate of drug-likeness (QED) is 0.809. The van der Waals surface area contributed by atoms with E-state index in [0.29, 0.717) is 31.1 Å². The molecule has 1 N–H and O–H groups in total. The summed E-state index contributed by atoms with van der Waals surface area (Å²) >= 11 is 0. The number of carbonyl (C=O) groups excluding carboxylic acids is 1. The monoisotopic (exact) mass is 329 g/mol. The molecule has 0 aliphatic carbocycles. The summed E-state index contributed by atoms with van der Waals surface area (Å²) in [6.07, 6.45) is 0.333. The number of carbonyl (C=O) groups is 1. The zero-order valence-electron chi connectivity index (χ0n) is 14.3. The molecule has 0 aliphatic rings. The van der Waals surface area contributed by atoms with Crippen molar-refractivity contribution in [2.75, 3.05) is 20.8 Å². The molecule has 0 radical (unpaired) electrons. The van der Waals surface area contributed by atoms with Gasteiger partial charge in [-0.2, -0.15) is 0 Å². The van der Waals surface area contributed by atoms with Crippen molar-refractivity contribution in [1.82, 2.24) is 5.32 Å². The van der Waals surface area contributed by atoms with Crippen molar-refractivity contribution in [2.45, 2.75) is 19.9 Å². The molecule has 0 saturated heterocycles. The van der Waals surface area contributed by atoms with E-state index in [-0.39, 0.29) is 5.91 Å². The molecule has 2 aromatic rings. The van der Waals surface area contributed by atoms with E-state index in [9.17, 15) is 4.79 Å². The molecular weight excluding hydrogens is 306 g/mol. The standard InChI is InChI=1S/C19H23NO4/c1-4-24-16-8-5-14(6-9-16)12-19(21)20-13-15-7-10-17(22-2)18(11-15)23-3/h5-11H,4,12-13H2,1-3H3,(H,20,21). The van der Waals surface area contributed by atoms with Gasteiger partial charge in [-0.15, -0.1) is 0 Å². The number of hydrogen-bond donors (Lipinski definition) is 1. The third kappa shape index (κ3) is 4.91. The fraction of sp³-hybridized carbons (Fsp3) is 0.316. The first-order valence-corrected chi connectivity index (χ1v) is 7.85. The van der Waals surface area contributed by atoms with Crippen LogP contribution >= 0.6 is 0 Å². The van der Waals surface area contributed by atoms with Gasteiger partial charge in [0.05, 0.1) is 27.2 Å². The lowest BCUT2D eigenvalue weighted by Crippen LogP contribution is -2.24. The Kier molecular flexibility index (Phi) is 6.49. The van der Waals surface area contributed by atoms with E-state index in [1.807, 2.05) is 49.4 Å². The van der Waals surface area contributed by atoms with Gasteiger partial charge in [-0.3, -0.25) is 4.79 Å². The Hall–Kier alpha value is -2.69.